The van der Waals surface area contributed by atoms with Gasteiger partial charge in [-0.1, -0.05) is 44.2 Å². The van der Waals surface area contributed by atoms with Crippen molar-refractivity contribution in [3.8, 4) is 11.5 Å². The number of amides is 2. The largest absolute Gasteiger partial charge is 0.457 e. The van der Waals surface area contributed by atoms with Crippen LogP contribution in [0.4, 0.5) is 4.79 Å². The van der Waals surface area contributed by atoms with Gasteiger partial charge in [0.25, 0.3) is 0 Å². The maximum Gasteiger partial charge on any atom is 0.407 e. The van der Waals surface area contributed by atoms with Crippen molar-refractivity contribution >= 4 is 12.0 Å². The lowest BCUT2D eigenvalue weighted by Crippen LogP contribution is -2.50. The Balaban J connectivity index is 1.99. The smallest absolute Gasteiger partial charge is 0.407 e. The number of alkyl carbamates (subject to hydrolysis) is 1. The number of methoxy groups -OCH3 is 1. The molecule has 2 amide bonds. The molecule has 0 radical (unpaired) electrons. The molecule has 0 aliphatic rings. The molecule has 0 bridgehead atoms. The van der Waals surface area contributed by atoms with Crippen molar-refractivity contribution in [3.63, 3.8) is 0 Å². The summed E-state index contributed by atoms with van der Waals surface area (Å²) in [5.41, 5.74) is 0.935. The molecule has 6 nitrogen and oxygen atoms in total. The Morgan fingerprint density at radius 1 is 0.852 bits per heavy atom. The van der Waals surface area contributed by atoms with Crippen LogP contribution in [-0.2, 0) is 9.53 Å². The molecule has 0 aromatic heterocycles. The predicted octanol–water partition coefficient (Wildman–Crippen LogP) is 4.04. The van der Waals surface area contributed by atoms with E-state index in [1.54, 1.807) is 0 Å². The van der Waals surface area contributed by atoms with Gasteiger partial charge >= 0.3 is 6.09 Å². The minimum atomic E-state index is -0.666. The van der Waals surface area contributed by atoms with Gasteiger partial charge in [0.2, 0.25) is 5.91 Å². The average Bonchev–Trinajstić information content (AvgIpc) is 2.66. The summed E-state index contributed by atoms with van der Waals surface area (Å²) in [5, 5.41) is 5.49. The summed E-state index contributed by atoms with van der Waals surface area (Å²) in [6.45, 7) is 5.61. The van der Waals surface area contributed by atoms with Crippen LogP contribution >= 0.6 is 0 Å². The highest BCUT2D eigenvalue weighted by atomic mass is 16.5. The van der Waals surface area contributed by atoms with Crippen LogP contribution in [0.25, 0.3) is 0 Å². The van der Waals surface area contributed by atoms with Gasteiger partial charge in [0.1, 0.15) is 17.5 Å². The molecule has 0 heterocycles. The SMILES string of the molecule is COC(=O)NC(C(=O)NC(C)c1ccc(Oc2ccccc2)cc1)C(C)C. The lowest BCUT2D eigenvalue weighted by Gasteiger charge is -2.23. The van der Waals surface area contributed by atoms with E-state index in [0.717, 1.165) is 17.1 Å². The van der Waals surface area contributed by atoms with E-state index < -0.39 is 12.1 Å². The molecular formula is C21H26N2O4. The first-order chi connectivity index (χ1) is 12.9. The number of rotatable bonds is 7. The first kappa shape index (κ1) is 20.3. The topological polar surface area (TPSA) is 76.7 Å². The van der Waals surface area contributed by atoms with E-state index >= 15 is 0 Å². The molecule has 2 aromatic rings. The number of carbonyl (C=O) groups is 2. The van der Waals surface area contributed by atoms with Crippen molar-refractivity contribution in [1.29, 1.82) is 0 Å². The van der Waals surface area contributed by atoms with Crippen LogP contribution in [0.1, 0.15) is 32.4 Å². The molecule has 2 rings (SSSR count). The van der Waals surface area contributed by atoms with Crippen molar-refractivity contribution in [1.82, 2.24) is 10.6 Å². The zero-order valence-electron chi connectivity index (χ0n) is 16.1. The molecule has 144 valence electrons. The van der Waals surface area contributed by atoms with E-state index in [4.69, 9.17) is 4.74 Å². The maximum absolute atomic E-state index is 12.5. The number of nitrogens with one attached hydrogen (secondary N) is 2. The van der Waals surface area contributed by atoms with Crippen molar-refractivity contribution in [3.05, 3.63) is 60.2 Å². The highest BCUT2D eigenvalue weighted by Crippen LogP contribution is 2.23. The first-order valence-corrected chi connectivity index (χ1v) is 8.88. The molecule has 0 aliphatic heterocycles. The van der Waals surface area contributed by atoms with E-state index in [0.29, 0.717) is 0 Å². The van der Waals surface area contributed by atoms with Crippen molar-refractivity contribution in [2.75, 3.05) is 7.11 Å². The summed E-state index contributed by atoms with van der Waals surface area (Å²) < 4.78 is 10.4. The van der Waals surface area contributed by atoms with Gasteiger partial charge in [0.05, 0.1) is 13.2 Å². The second-order valence-electron chi connectivity index (χ2n) is 6.57. The molecular weight excluding hydrogens is 344 g/mol. The number of benzene rings is 2. The second-order valence-corrected chi connectivity index (χ2v) is 6.57. The Bertz CT molecular complexity index is 745. The van der Waals surface area contributed by atoms with Crippen molar-refractivity contribution in [2.24, 2.45) is 5.92 Å². The van der Waals surface area contributed by atoms with Gasteiger partial charge in [-0.25, -0.2) is 4.79 Å². The third-order valence-electron chi connectivity index (χ3n) is 4.13. The molecule has 0 aliphatic carbocycles. The van der Waals surface area contributed by atoms with Crippen LogP contribution in [0.2, 0.25) is 0 Å². The Kier molecular flexibility index (Phi) is 7.23. The van der Waals surface area contributed by atoms with Gasteiger partial charge < -0.3 is 20.1 Å². The van der Waals surface area contributed by atoms with Crippen molar-refractivity contribution in [2.45, 2.75) is 32.9 Å². The molecule has 2 unspecified atom stereocenters. The van der Waals surface area contributed by atoms with Gasteiger partial charge in [0.15, 0.2) is 0 Å². The Morgan fingerprint density at radius 3 is 2.00 bits per heavy atom. The lowest BCUT2D eigenvalue weighted by atomic mass is 10.0. The van der Waals surface area contributed by atoms with Gasteiger partial charge in [-0.15, -0.1) is 0 Å². The fourth-order valence-corrected chi connectivity index (χ4v) is 2.56. The summed E-state index contributed by atoms with van der Waals surface area (Å²) in [4.78, 5) is 24.0. The van der Waals surface area contributed by atoms with Crippen LogP contribution in [0.3, 0.4) is 0 Å². The summed E-state index contributed by atoms with van der Waals surface area (Å²) in [6, 6.07) is 16.2. The molecule has 6 heteroatoms. The number of carbonyl (C=O) groups excluding carboxylic acids is 2. The zero-order valence-corrected chi connectivity index (χ0v) is 16.1. The number of hydrogen-bond donors (Lipinski definition) is 2. The van der Waals surface area contributed by atoms with Crippen LogP contribution in [0.5, 0.6) is 11.5 Å². The number of ether oxygens (including phenoxy) is 2. The quantitative estimate of drug-likeness (QED) is 0.771. The third-order valence-corrected chi connectivity index (χ3v) is 4.13. The van der Waals surface area contributed by atoms with E-state index in [2.05, 4.69) is 15.4 Å². The van der Waals surface area contributed by atoms with Crippen LogP contribution in [0.15, 0.2) is 54.6 Å². The molecule has 27 heavy (non-hydrogen) atoms. The third kappa shape index (κ3) is 6.02. The summed E-state index contributed by atoms with van der Waals surface area (Å²) >= 11 is 0. The monoisotopic (exact) mass is 370 g/mol. The van der Waals surface area contributed by atoms with Gasteiger partial charge in [-0.2, -0.15) is 0 Å². The fourth-order valence-electron chi connectivity index (χ4n) is 2.56. The highest BCUT2D eigenvalue weighted by Gasteiger charge is 2.25. The Morgan fingerprint density at radius 2 is 1.44 bits per heavy atom. The van der Waals surface area contributed by atoms with E-state index in [1.807, 2.05) is 75.4 Å². The van der Waals surface area contributed by atoms with Gasteiger partial charge in [0, 0.05) is 0 Å². The molecule has 0 saturated heterocycles. The Hall–Kier alpha value is -3.02. The normalized spacial score (nSPS) is 12.8. The Labute approximate surface area is 159 Å². The lowest BCUT2D eigenvalue weighted by molar-refractivity contribution is -0.124. The zero-order chi connectivity index (χ0) is 19.8. The standard InChI is InChI=1S/C21H26N2O4/c1-14(2)19(23-21(25)26-4)20(24)22-15(3)16-10-12-18(13-11-16)27-17-8-6-5-7-9-17/h5-15,19H,1-4H3,(H,22,24)(H,23,25). The fraction of sp³-hybridized carbons (Fsp3) is 0.333. The van der Waals surface area contributed by atoms with E-state index in [1.165, 1.54) is 7.11 Å². The second kappa shape index (κ2) is 9.62. The maximum atomic E-state index is 12.5. The summed E-state index contributed by atoms with van der Waals surface area (Å²) in [6.07, 6.45) is -0.626. The van der Waals surface area contributed by atoms with E-state index in [9.17, 15) is 9.59 Å². The summed E-state index contributed by atoms with van der Waals surface area (Å²) in [7, 11) is 1.27. The molecule has 2 atom stereocenters. The average molecular weight is 370 g/mol. The van der Waals surface area contributed by atoms with Crippen molar-refractivity contribution < 1.29 is 19.1 Å². The van der Waals surface area contributed by atoms with Gasteiger partial charge in [-0.3, -0.25) is 4.79 Å². The first-order valence-electron chi connectivity index (χ1n) is 8.88. The number of hydrogen-bond acceptors (Lipinski definition) is 4. The molecule has 2 aromatic carbocycles. The minimum absolute atomic E-state index is 0.0713. The number of para-hydroxylation sites is 1. The molecule has 0 fully saturated rings. The molecule has 2 N–H and O–H groups in total. The van der Waals surface area contributed by atoms with Crippen LogP contribution in [0, 0.1) is 5.92 Å². The van der Waals surface area contributed by atoms with Crippen LogP contribution < -0.4 is 15.4 Å². The molecule has 0 spiro atoms. The van der Waals surface area contributed by atoms with Crippen LogP contribution in [-0.4, -0.2) is 25.2 Å². The van der Waals surface area contributed by atoms with E-state index in [-0.39, 0.29) is 17.9 Å². The summed E-state index contributed by atoms with van der Waals surface area (Å²) in [5.74, 6) is 1.15. The van der Waals surface area contributed by atoms with Gasteiger partial charge in [-0.05, 0) is 42.7 Å². The predicted molar refractivity (Wildman–Crippen MR) is 104 cm³/mol. The molecule has 0 saturated carbocycles. The minimum Gasteiger partial charge on any atom is -0.457 e. The highest BCUT2D eigenvalue weighted by molar-refractivity contribution is 5.86.